The molecule has 288 valence electrons. The number of halogens is 1. The molecule has 0 radical (unpaired) electrons. The molecule has 1 aliphatic heterocycles. The summed E-state index contributed by atoms with van der Waals surface area (Å²) in [7, 11) is 1.63. The molecule has 0 aliphatic carbocycles. The van der Waals surface area contributed by atoms with Crippen LogP contribution in [0.25, 0.3) is 22.2 Å². The Labute approximate surface area is 330 Å². The van der Waals surface area contributed by atoms with Crippen LogP contribution >= 0.6 is 23.4 Å². The maximum absolute atomic E-state index is 14.5. The maximum Gasteiger partial charge on any atom is 0.245 e. The zero-order valence-corrected chi connectivity index (χ0v) is 32.5. The summed E-state index contributed by atoms with van der Waals surface area (Å²) in [5.74, 6) is -1.03. The van der Waals surface area contributed by atoms with Gasteiger partial charge >= 0.3 is 0 Å². The second-order valence-corrected chi connectivity index (χ2v) is 15.1. The van der Waals surface area contributed by atoms with Crippen LogP contribution in [-0.2, 0) is 33.9 Å². The first-order valence-electron chi connectivity index (χ1n) is 18.7. The van der Waals surface area contributed by atoms with E-state index < -0.39 is 18.1 Å². The Morgan fingerprint density at radius 2 is 1.64 bits per heavy atom. The molecule has 4 heterocycles. The normalized spacial score (nSPS) is 18.7. The molecule has 1 aliphatic rings. The third-order valence-corrected chi connectivity index (χ3v) is 11.6. The van der Waals surface area contributed by atoms with Crippen molar-refractivity contribution in [2.45, 2.75) is 79.7 Å². The molecule has 0 bridgehead atoms. The maximum atomic E-state index is 14.5. The van der Waals surface area contributed by atoms with Gasteiger partial charge in [-0.25, -0.2) is 4.98 Å². The van der Waals surface area contributed by atoms with Crippen LogP contribution in [0.4, 0.5) is 0 Å². The Kier molecular flexibility index (Phi) is 13.9. The molecule has 3 atom stereocenters. The van der Waals surface area contributed by atoms with Crippen LogP contribution in [0, 0.1) is 0 Å². The molecule has 6 rings (SSSR count). The zero-order chi connectivity index (χ0) is 38.7. The Bertz CT molecular complexity index is 2100. The molecule has 0 unspecified atom stereocenters. The fourth-order valence-corrected chi connectivity index (χ4v) is 8.19. The van der Waals surface area contributed by atoms with E-state index in [1.165, 1.54) is 16.7 Å². The number of likely N-dealkylation sites (N-methyl/N-ethyl adjacent to an activating group) is 1. The van der Waals surface area contributed by atoms with Gasteiger partial charge in [-0.1, -0.05) is 53.7 Å². The zero-order valence-electron chi connectivity index (χ0n) is 30.9. The van der Waals surface area contributed by atoms with Gasteiger partial charge in [0, 0.05) is 66.5 Å². The first-order chi connectivity index (χ1) is 26.8. The molecule has 3 amide bonds. The number of hydrogen-bond donors (Lipinski definition) is 6. The van der Waals surface area contributed by atoms with Gasteiger partial charge < -0.3 is 37.3 Å². The number of para-hydroxylation sites is 1. The SMILES string of the molecule is CN1C(=O)[C@H](CCCCN)NC(=O)[C@H](CCCN)NCc2cccnc2Sc2c(Cl)cc(-c3ccccn3)cc2CNC(=O)[C@@H]1Cc1c[nH]c2ccccc12. The number of benzene rings is 2. The molecule has 5 aromatic rings. The molecule has 55 heavy (non-hydrogen) atoms. The number of amides is 3. The summed E-state index contributed by atoms with van der Waals surface area (Å²) in [6.07, 6.45) is 8.27. The third-order valence-electron chi connectivity index (χ3n) is 9.90. The Morgan fingerprint density at radius 3 is 2.44 bits per heavy atom. The lowest BCUT2D eigenvalue weighted by Gasteiger charge is -2.32. The summed E-state index contributed by atoms with van der Waals surface area (Å²) in [4.78, 5) is 57.8. The van der Waals surface area contributed by atoms with Crippen LogP contribution in [0.5, 0.6) is 0 Å². The summed E-state index contributed by atoms with van der Waals surface area (Å²) in [6, 6.07) is 18.7. The summed E-state index contributed by atoms with van der Waals surface area (Å²) in [5.41, 5.74) is 16.7. The van der Waals surface area contributed by atoms with E-state index in [4.69, 9.17) is 28.1 Å². The molecule has 0 saturated carbocycles. The van der Waals surface area contributed by atoms with Gasteiger partial charge in [0.15, 0.2) is 0 Å². The number of nitrogens with one attached hydrogen (secondary N) is 4. The van der Waals surface area contributed by atoms with Gasteiger partial charge in [-0.15, -0.1) is 0 Å². The van der Waals surface area contributed by atoms with E-state index in [0.29, 0.717) is 61.8 Å². The van der Waals surface area contributed by atoms with Gasteiger partial charge in [-0.05, 0) is 98.3 Å². The standard InChI is InChI=1S/C41H48ClN9O3S/c1-51-36(22-28-24-47-33-13-3-2-11-30(28)33)39(53)49-25-29-20-27(32-12-5-7-18-45-32)21-31(42)37(29)55-40-26(10-9-19-46-40)23-48-34(15-8-17-44)38(52)50-35(41(51)54)14-4-6-16-43/h2-3,5,7,9-13,18-21,24,34-36,47-48H,4,6,8,14-17,22-23,25,43-44H2,1H3,(H,49,53)(H,50,52)/t34-,35-,36-/m0/s1. The largest absolute Gasteiger partial charge is 0.361 e. The van der Waals surface area contributed by atoms with Crippen molar-refractivity contribution in [2.75, 3.05) is 20.1 Å². The summed E-state index contributed by atoms with van der Waals surface area (Å²) < 4.78 is 0. The molecule has 0 saturated heterocycles. The number of nitrogens with two attached hydrogens (primary N) is 2. The molecule has 0 fully saturated rings. The summed E-state index contributed by atoms with van der Waals surface area (Å²) in [5, 5.41) is 11.7. The Balaban J connectivity index is 1.44. The molecular formula is C41H48ClN9O3S. The second kappa shape index (κ2) is 19.2. The fourth-order valence-electron chi connectivity index (χ4n) is 6.84. The highest BCUT2D eigenvalue weighted by Crippen LogP contribution is 2.39. The van der Waals surface area contributed by atoms with Crippen LogP contribution in [-0.4, -0.2) is 75.8 Å². The lowest BCUT2D eigenvalue weighted by atomic mass is 10.0. The number of hydrogen-bond acceptors (Lipinski definition) is 9. The molecular weight excluding hydrogens is 734 g/mol. The first kappa shape index (κ1) is 39.9. The quantitative estimate of drug-likeness (QED) is 0.107. The van der Waals surface area contributed by atoms with Crippen molar-refractivity contribution in [3.05, 3.63) is 107 Å². The number of aromatic amines is 1. The van der Waals surface area contributed by atoms with Crippen molar-refractivity contribution in [3.8, 4) is 11.3 Å². The molecule has 3 aromatic heterocycles. The summed E-state index contributed by atoms with van der Waals surface area (Å²) >= 11 is 8.47. The highest BCUT2D eigenvalue weighted by molar-refractivity contribution is 7.99. The van der Waals surface area contributed by atoms with Crippen LogP contribution < -0.4 is 27.4 Å². The number of nitrogens with zero attached hydrogens (tertiary/aromatic N) is 3. The lowest BCUT2D eigenvalue weighted by molar-refractivity contribution is -0.142. The number of unbranched alkanes of at least 4 members (excludes halogenated alkanes) is 1. The molecule has 0 spiro atoms. The van der Waals surface area contributed by atoms with Gasteiger partial charge in [0.25, 0.3) is 0 Å². The van der Waals surface area contributed by atoms with Crippen LogP contribution in [0.2, 0.25) is 5.02 Å². The Morgan fingerprint density at radius 1 is 0.855 bits per heavy atom. The Hall–Kier alpha value is -4.79. The second-order valence-electron chi connectivity index (χ2n) is 13.7. The highest BCUT2D eigenvalue weighted by atomic mass is 35.5. The van der Waals surface area contributed by atoms with E-state index in [9.17, 15) is 14.4 Å². The number of pyridine rings is 2. The van der Waals surface area contributed by atoms with E-state index in [-0.39, 0.29) is 30.7 Å². The molecule has 14 heteroatoms. The van der Waals surface area contributed by atoms with Gasteiger partial charge in [0.1, 0.15) is 17.1 Å². The monoisotopic (exact) mass is 781 g/mol. The third kappa shape index (κ3) is 9.91. The van der Waals surface area contributed by atoms with Crippen molar-refractivity contribution >= 4 is 52.0 Å². The predicted octanol–water partition coefficient (Wildman–Crippen LogP) is 4.94. The predicted molar refractivity (Wildman–Crippen MR) is 217 cm³/mol. The highest BCUT2D eigenvalue weighted by Gasteiger charge is 2.34. The van der Waals surface area contributed by atoms with E-state index in [1.807, 2.05) is 72.9 Å². The minimum atomic E-state index is -0.921. The number of carbonyl (C=O) groups is 3. The van der Waals surface area contributed by atoms with E-state index in [0.717, 1.165) is 43.7 Å². The average molecular weight is 782 g/mol. The smallest absolute Gasteiger partial charge is 0.245 e. The minimum absolute atomic E-state index is 0.117. The van der Waals surface area contributed by atoms with Gasteiger partial charge in [-0.3, -0.25) is 19.4 Å². The van der Waals surface area contributed by atoms with Crippen LogP contribution in [0.1, 0.15) is 48.8 Å². The van der Waals surface area contributed by atoms with Crippen LogP contribution in [0.15, 0.2) is 95.2 Å². The van der Waals surface area contributed by atoms with Crippen molar-refractivity contribution in [3.63, 3.8) is 0 Å². The van der Waals surface area contributed by atoms with Gasteiger partial charge in [-0.2, -0.15) is 0 Å². The lowest BCUT2D eigenvalue weighted by Crippen LogP contribution is -2.57. The number of fused-ring (bicyclic) bond motifs is 3. The average Bonchev–Trinajstić information content (AvgIpc) is 3.62. The van der Waals surface area contributed by atoms with Crippen molar-refractivity contribution in [1.82, 2.24) is 35.8 Å². The van der Waals surface area contributed by atoms with Crippen LogP contribution in [0.3, 0.4) is 0 Å². The molecule has 8 N–H and O–H groups in total. The molecule has 12 nitrogen and oxygen atoms in total. The van der Waals surface area contributed by atoms with Crippen molar-refractivity contribution in [1.29, 1.82) is 0 Å². The van der Waals surface area contributed by atoms with Crippen molar-refractivity contribution < 1.29 is 14.4 Å². The molecule has 2 aromatic carbocycles. The topological polar surface area (TPSA) is 184 Å². The summed E-state index contributed by atoms with van der Waals surface area (Å²) in [6.45, 7) is 1.30. The van der Waals surface area contributed by atoms with E-state index >= 15 is 0 Å². The number of H-pyrrole nitrogens is 1. The number of rotatable bonds is 10. The van der Waals surface area contributed by atoms with E-state index in [2.05, 4.69) is 25.9 Å². The minimum Gasteiger partial charge on any atom is -0.361 e. The number of aromatic nitrogens is 3. The fraction of sp³-hybridized carbons (Fsp3) is 0.341. The van der Waals surface area contributed by atoms with Gasteiger partial charge in [0.05, 0.1) is 16.8 Å². The first-order valence-corrected chi connectivity index (χ1v) is 19.9. The number of carbonyl (C=O) groups excluding carboxylic acids is 3. The van der Waals surface area contributed by atoms with E-state index in [1.54, 1.807) is 19.4 Å². The van der Waals surface area contributed by atoms with Gasteiger partial charge in [0.2, 0.25) is 17.7 Å². The van der Waals surface area contributed by atoms with Crippen molar-refractivity contribution in [2.24, 2.45) is 11.5 Å².